The highest BCUT2D eigenvalue weighted by atomic mass is 32.2. The van der Waals surface area contributed by atoms with Gasteiger partial charge in [0, 0.05) is 17.2 Å². The van der Waals surface area contributed by atoms with Crippen LogP contribution in [0.5, 0.6) is 0 Å². The Labute approximate surface area is 125 Å². The Morgan fingerprint density at radius 1 is 1.35 bits per heavy atom. The summed E-state index contributed by atoms with van der Waals surface area (Å²) in [6.07, 6.45) is 2.37. The van der Waals surface area contributed by atoms with E-state index in [1.807, 2.05) is 0 Å². The molecule has 0 bridgehead atoms. The van der Waals surface area contributed by atoms with Gasteiger partial charge in [-0.2, -0.15) is 0 Å². The Balaban J connectivity index is 1.95. The highest BCUT2D eigenvalue weighted by Gasteiger charge is 2.20. The molecule has 1 N–H and O–H groups in total. The van der Waals surface area contributed by atoms with Crippen LogP contribution in [0.2, 0.25) is 0 Å². The molecule has 6 heteroatoms. The molecule has 0 spiro atoms. The van der Waals surface area contributed by atoms with Crippen molar-refractivity contribution in [3.8, 4) is 0 Å². The van der Waals surface area contributed by atoms with Crippen molar-refractivity contribution in [1.29, 1.82) is 0 Å². The van der Waals surface area contributed by atoms with E-state index in [1.165, 1.54) is 6.26 Å². The third kappa shape index (κ3) is 4.24. The molecule has 0 aromatic heterocycles. The largest absolute Gasteiger partial charge is 0.335 e. The minimum Gasteiger partial charge on any atom is -0.335 e. The third-order valence-electron chi connectivity index (χ3n) is 2.98. The Morgan fingerprint density at radius 2 is 2.00 bits per heavy atom. The van der Waals surface area contributed by atoms with E-state index in [0.29, 0.717) is 16.1 Å². The molecule has 1 atom stereocenters. The predicted molar refractivity (Wildman–Crippen MR) is 86.3 cm³/mol. The van der Waals surface area contributed by atoms with Crippen LogP contribution in [0.4, 0.5) is 5.69 Å². The van der Waals surface area contributed by atoms with Crippen LogP contribution in [-0.4, -0.2) is 31.6 Å². The molecular weight excluding hydrogens is 292 g/mol. The number of rotatable bonds is 4. The zero-order valence-electron chi connectivity index (χ0n) is 12.0. The monoisotopic (exact) mass is 312 g/mol. The van der Waals surface area contributed by atoms with Crippen molar-refractivity contribution in [1.82, 2.24) is 0 Å². The van der Waals surface area contributed by atoms with Gasteiger partial charge in [0.05, 0.1) is 11.4 Å². The number of thioether (sulfide) groups is 1. The summed E-state index contributed by atoms with van der Waals surface area (Å²) in [5.41, 5.74) is 0.869. The van der Waals surface area contributed by atoms with Crippen molar-refractivity contribution in [2.75, 3.05) is 18.1 Å². The van der Waals surface area contributed by atoms with Gasteiger partial charge < -0.3 is 5.32 Å². The lowest BCUT2D eigenvalue weighted by molar-refractivity contribution is 0.575. The first kappa shape index (κ1) is 15.4. The average Bonchev–Trinajstić information content (AvgIpc) is 2.75. The van der Waals surface area contributed by atoms with E-state index in [9.17, 15) is 8.42 Å². The van der Waals surface area contributed by atoms with Crippen molar-refractivity contribution in [3.63, 3.8) is 0 Å². The van der Waals surface area contributed by atoms with E-state index in [0.717, 1.165) is 23.8 Å². The van der Waals surface area contributed by atoms with Gasteiger partial charge in [-0.05, 0) is 36.6 Å². The Morgan fingerprint density at radius 3 is 2.55 bits per heavy atom. The Kier molecular flexibility index (Phi) is 4.75. The standard InChI is InChI=1S/C14H20N2O2S2/c1-10(2)8-12-9-15-14(19-12)16-11-4-6-13(7-5-11)20(3,17)18/h4-7,10,12H,8-9H2,1-3H3,(H,15,16). The molecule has 0 amide bonds. The van der Waals surface area contributed by atoms with Gasteiger partial charge in [0.2, 0.25) is 0 Å². The smallest absolute Gasteiger partial charge is 0.175 e. The van der Waals surface area contributed by atoms with E-state index in [4.69, 9.17) is 0 Å². The van der Waals surface area contributed by atoms with Gasteiger partial charge in [-0.25, -0.2) is 8.42 Å². The highest BCUT2D eigenvalue weighted by molar-refractivity contribution is 8.15. The van der Waals surface area contributed by atoms with Gasteiger partial charge in [0.25, 0.3) is 0 Å². The second kappa shape index (κ2) is 6.18. The molecule has 110 valence electrons. The molecule has 1 aromatic carbocycles. The first-order valence-corrected chi connectivity index (χ1v) is 9.40. The van der Waals surface area contributed by atoms with Gasteiger partial charge >= 0.3 is 0 Å². The maximum atomic E-state index is 11.4. The van der Waals surface area contributed by atoms with E-state index in [2.05, 4.69) is 24.2 Å². The minimum absolute atomic E-state index is 0.335. The highest BCUT2D eigenvalue weighted by Crippen LogP contribution is 2.27. The predicted octanol–water partition coefficient (Wildman–Crippen LogP) is 3.02. The lowest BCUT2D eigenvalue weighted by Gasteiger charge is -2.11. The molecule has 1 aliphatic rings. The van der Waals surface area contributed by atoms with Crippen molar-refractivity contribution in [2.45, 2.75) is 30.4 Å². The van der Waals surface area contributed by atoms with E-state index >= 15 is 0 Å². The SMILES string of the molecule is CC(C)CC1CN=C(Nc2ccc(S(C)(=O)=O)cc2)S1. The number of nitrogens with zero attached hydrogens (tertiary/aromatic N) is 1. The Bertz CT molecular complexity index is 592. The maximum absolute atomic E-state index is 11.4. The fourth-order valence-electron chi connectivity index (χ4n) is 2.04. The van der Waals surface area contributed by atoms with Crippen LogP contribution in [0.3, 0.4) is 0 Å². The lowest BCUT2D eigenvalue weighted by atomic mass is 10.1. The lowest BCUT2D eigenvalue weighted by Crippen LogP contribution is -2.09. The molecule has 4 nitrogen and oxygen atoms in total. The van der Waals surface area contributed by atoms with E-state index in [-0.39, 0.29) is 0 Å². The van der Waals surface area contributed by atoms with E-state index in [1.54, 1.807) is 36.0 Å². The van der Waals surface area contributed by atoms with Gasteiger partial charge in [-0.15, -0.1) is 0 Å². The number of benzene rings is 1. The third-order valence-corrected chi connectivity index (χ3v) is 5.24. The van der Waals surface area contributed by atoms with Crippen LogP contribution in [0, 0.1) is 5.92 Å². The van der Waals surface area contributed by atoms with Gasteiger partial charge in [0.15, 0.2) is 15.0 Å². The van der Waals surface area contributed by atoms with Crippen LogP contribution in [0.25, 0.3) is 0 Å². The molecule has 1 aromatic rings. The zero-order chi connectivity index (χ0) is 14.8. The van der Waals surface area contributed by atoms with Crippen molar-refractivity contribution < 1.29 is 8.42 Å². The zero-order valence-corrected chi connectivity index (χ0v) is 13.6. The Hall–Kier alpha value is -1.01. The number of anilines is 1. The summed E-state index contributed by atoms with van der Waals surface area (Å²) >= 11 is 1.76. The second-order valence-corrected chi connectivity index (χ2v) is 8.74. The molecule has 0 fully saturated rings. The average molecular weight is 312 g/mol. The normalized spacial score (nSPS) is 19.2. The van der Waals surface area contributed by atoms with Gasteiger partial charge in [-0.3, -0.25) is 4.99 Å². The van der Waals surface area contributed by atoms with Gasteiger partial charge in [0.1, 0.15) is 0 Å². The topological polar surface area (TPSA) is 58.5 Å². The first-order valence-electron chi connectivity index (χ1n) is 6.63. The van der Waals surface area contributed by atoms with Crippen LogP contribution in [0.1, 0.15) is 20.3 Å². The molecule has 20 heavy (non-hydrogen) atoms. The number of hydrogen-bond acceptors (Lipinski definition) is 5. The fraction of sp³-hybridized carbons (Fsp3) is 0.500. The molecule has 1 heterocycles. The van der Waals surface area contributed by atoms with Crippen LogP contribution in [-0.2, 0) is 9.84 Å². The quantitative estimate of drug-likeness (QED) is 0.928. The number of sulfone groups is 1. The summed E-state index contributed by atoms with van der Waals surface area (Å²) < 4.78 is 22.8. The number of hydrogen-bond donors (Lipinski definition) is 1. The fourth-order valence-corrected chi connectivity index (χ4v) is 3.95. The number of amidine groups is 1. The molecular formula is C14H20N2O2S2. The van der Waals surface area contributed by atoms with Crippen molar-refractivity contribution in [3.05, 3.63) is 24.3 Å². The summed E-state index contributed by atoms with van der Waals surface area (Å²) in [5.74, 6) is 0.677. The molecule has 1 unspecified atom stereocenters. The van der Waals surface area contributed by atoms with E-state index < -0.39 is 9.84 Å². The minimum atomic E-state index is -3.13. The van der Waals surface area contributed by atoms with Crippen LogP contribution >= 0.6 is 11.8 Å². The molecule has 0 aliphatic carbocycles. The number of aliphatic imine (C=N–C) groups is 1. The van der Waals surface area contributed by atoms with Crippen LogP contribution in [0.15, 0.2) is 34.2 Å². The van der Waals surface area contributed by atoms with Gasteiger partial charge in [-0.1, -0.05) is 25.6 Å². The molecule has 0 saturated carbocycles. The first-order chi connectivity index (χ1) is 9.34. The summed E-state index contributed by atoms with van der Waals surface area (Å²) in [7, 11) is -3.13. The molecule has 2 rings (SSSR count). The van der Waals surface area contributed by atoms with Crippen LogP contribution < -0.4 is 5.32 Å². The molecule has 1 aliphatic heterocycles. The number of nitrogens with one attached hydrogen (secondary N) is 1. The summed E-state index contributed by atoms with van der Waals surface area (Å²) in [5, 5.41) is 4.71. The second-order valence-electron chi connectivity index (χ2n) is 5.44. The summed E-state index contributed by atoms with van der Waals surface area (Å²) in [6.45, 7) is 5.29. The van der Waals surface area contributed by atoms with Crippen molar-refractivity contribution in [2.24, 2.45) is 10.9 Å². The van der Waals surface area contributed by atoms with Crippen molar-refractivity contribution >= 4 is 32.5 Å². The summed E-state index contributed by atoms with van der Waals surface area (Å²) in [4.78, 5) is 4.82. The maximum Gasteiger partial charge on any atom is 0.175 e. The molecule has 0 saturated heterocycles. The molecule has 0 radical (unpaired) electrons. The summed E-state index contributed by atoms with van der Waals surface area (Å²) in [6, 6.07) is 6.78.